The molecular weight excluding hydrogens is 228 g/mol. The molecule has 2 N–H and O–H groups in total. The van der Waals surface area contributed by atoms with E-state index in [-0.39, 0.29) is 0 Å². The molecule has 1 aromatic carbocycles. The Balaban J connectivity index is 2.90. The van der Waals surface area contributed by atoms with Gasteiger partial charge in [0.25, 0.3) is 0 Å². The van der Waals surface area contributed by atoms with E-state index in [1.807, 2.05) is 24.3 Å². The molecule has 0 atom stereocenters. The summed E-state index contributed by atoms with van der Waals surface area (Å²) in [6, 6.07) is 7.78. The highest BCUT2D eigenvalue weighted by Crippen LogP contribution is 2.17. The van der Waals surface area contributed by atoms with Crippen LogP contribution in [0, 0.1) is 0 Å². The maximum atomic E-state index is 5.44. The Hall–Kier alpha value is -1.09. The Bertz CT molecular complexity index is 334. The highest BCUT2D eigenvalue weighted by Gasteiger charge is 1.96. The first-order chi connectivity index (χ1) is 6.09. The predicted molar refractivity (Wildman–Crippen MR) is 60.5 cm³/mol. The van der Waals surface area contributed by atoms with Crippen molar-refractivity contribution in [1.29, 1.82) is 0 Å². The lowest BCUT2D eigenvalue weighted by Crippen LogP contribution is -2.04. The highest BCUT2D eigenvalue weighted by molar-refractivity contribution is 9.10. The van der Waals surface area contributed by atoms with Crippen molar-refractivity contribution < 1.29 is 0 Å². The molecule has 0 spiro atoms. The molecule has 0 aliphatic carbocycles. The first-order valence-corrected chi connectivity index (χ1v) is 4.64. The SMILES string of the molecule is C=C(N=C(C)N)c1ccc(Br)cc1. The fourth-order valence-electron chi connectivity index (χ4n) is 0.920. The molecule has 0 aliphatic rings. The Kier molecular flexibility index (Phi) is 3.25. The second kappa shape index (κ2) is 4.23. The monoisotopic (exact) mass is 238 g/mol. The van der Waals surface area contributed by atoms with Gasteiger partial charge in [0, 0.05) is 4.47 Å². The molecule has 0 aliphatic heterocycles. The molecule has 0 unspecified atom stereocenters. The van der Waals surface area contributed by atoms with Gasteiger partial charge in [-0.15, -0.1) is 0 Å². The van der Waals surface area contributed by atoms with Gasteiger partial charge in [-0.1, -0.05) is 34.6 Å². The van der Waals surface area contributed by atoms with E-state index >= 15 is 0 Å². The fraction of sp³-hybridized carbons (Fsp3) is 0.100. The van der Waals surface area contributed by atoms with Gasteiger partial charge >= 0.3 is 0 Å². The van der Waals surface area contributed by atoms with Crippen molar-refractivity contribution in [2.45, 2.75) is 6.92 Å². The van der Waals surface area contributed by atoms with E-state index in [0.29, 0.717) is 11.5 Å². The van der Waals surface area contributed by atoms with E-state index in [9.17, 15) is 0 Å². The molecule has 0 radical (unpaired) electrons. The molecule has 1 aromatic rings. The quantitative estimate of drug-likeness (QED) is 0.625. The lowest BCUT2D eigenvalue weighted by molar-refractivity contribution is 1.45. The average Bonchev–Trinajstić information content (AvgIpc) is 2.04. The summed E-state index contributed by atoms with van der Waals surface area (Å²) in [6.45, 7) is 5.55. The molecule has 0 saturated carbocycles. The summed E-state index contributed by atoms with van der Waals surface area (Å²) in [5, 5.41) is 0. The van der Waals surface area contributed by atoms with Gasteiger partial charge in [-0.3, -0.25) is 0 Å². The number of hydrogen-bond acceptors (Lipinski definition) is 1. The van der Waals surface area contributed by atoms with Crippen LogP contribution in [-0.4, -0.2) is 5.84 Å². The number of hydrogen-bond donors (Lipinski definition) is 1. The molecule has 0 aromatic heterocycles. The van der Waals surface area contributed by atoms with Crippen LogP contribution in [0.15, 0.2) is 40.3 Å². The van der Waals surface area contributed by atoms with Gasteiger partial charge in [0.15, 0.2) is 0 Å². The Morgan fingerprint density at radius 3 is 2.38 bits per heavy atom. The van der Waals surface area contributed by atoms with E-state index in [1.54, 1.807) is 6.92 Å². The molecule has 0 fully saturated rings. The zero-order valence-corrected chi connectivity index (χ0v) is 9.01. The molecular formula is C10H11BrN2. The lowest BCUT2D eigenvalue weighted by Gasteiger charge is -2.00. The summed E-state index contributed by atoms with van der Waals surface area (Å²) >= 11 is 3.36. The molecule has 0 heterocycles. The molecule has 0 amide bonds. The lowest BCUT2D eigenvalue weighted by atomic mass is 10.2. The van der Waals surface area contributed by atoms with Crippen molar-refractivity contribution in [2.24, 2.45) is 10.7 Å². The molecule has 1 rings (SSSR count). The zero-order chi connectivity index (χ0) is 9.84. The minimum absolute atomic E-state index is 0.521. The van der Waals surface area contributed by atoms with Crippen molar-refractivity contribution in [1.82, 2.24) is 0 Å². The topological polar surface area (TPSA) is 38.4 Å². The largest absolute Gasteiger partial charge is 0.387 e. The van der Waals surface area contributed by atoms with Gasteiger partial charge in [0.05, 0.1) is 11.5 Å². The number of aliphatic imine (C=N–C) groups is 1. The van der Waals surface area contributed by atoms with Crippen molar-refractivity contribution in [3.8, 4) is 0 Å². The molecule has 68 valence electrons. The van der Waals surface area contributed by atoms with E-state index in [1.165, 1.54) is 0 Å². The van der Waals surface area contributed by atoms with Crippen LogP contribution in [0.4, 0.5) is 0 Å². The third-order valence-corrected chi connectivity index (χ3v) is 2.02. The minimum atomic E-state index is 0.521. The Labute approximate surface area is 86.3 Å². The van der Waals surface area contributed by atoms with Gasteiger partial charge in [-0.25, -0.2) is 4.99 Å². The van der Waals surface area contributed by atoms with Crippen molar-refractivity contribution in [2.75, 3.05) is 0 Å². The smallest absolute Gasteiger partial charge is 0.0964 e. The number of amidine groups is 1. The van der Waals surface area contributed by atoms with Gasteiger partial charge < -0.3 is 5.73 Å². The second-order valence-corrected chi connectivity index (χ2v) is 3.62. The second-order valence-electron chi connectivity index (χ2n) is 2.71. The maximum absolute atomic E-state index is 5.44. The summed E-state index contributed by atoms with van der Waals surface area (Å²) in [5.41, 5.74) is 7.11. The van der Waals surface area contributed by atoms with Crippen LogP contribution in [0.5, 0.6) is 0 Å². The Morgan fingerprint density at radius 2 is 1.92 bits per heavy atom. The van der Waals surface area contributed by atoms with E-state index in [2.05, 4.69) is 27.5 Å². The van der Waals surface area contributed by atoms with Crippen LogP contribution in [-0.2, 0) is 0 Å². The van der Waals surface area contributed by atoms with Crippen LogP contribution in [0.1, 0.15) is 12.5 Å². The third-order valence-electron chi connectivity index (χ3n) is 1.49. The van der Waals surface area contributed by atoms with Crippen LogP contribution in [0.3, 0.4) is 0 Å². The summed E-state index contributed by atoms with van der Waals surface area (Å²) in [7, 11) is 0. The number of rotatable bonds is 2. The Morgan fingerprint density at radius 1 is 1.38 bits per heavy atom. The number of benzene rings is 1. The molecule has 13 heavy (non-hydrogen) atoms. The zero-order valence-electron chi connectivity index (χ0n) is 7.42. The van der Waals surface area contributed by atoms with Gasteiger partial charge in [-0.2, -0.15) is 0 Å². The van der Waals surface area contributed by atoms with Gasteiger partial charge in [0.1, 0.15) is 0 Å². The average molecular weight is 239 g/mol. The third kappa shape index (κ3) is 3.03. The van der Waals surface area contributed by atoms with E-state index < -0.39 is 0 Å². The maximum Gasteiger partial charge on any atom is 0.0964 e. The predicted octanol–water partition coefficient (Wildman–Crippen LogP) is 2.80. The summed E-state index contributed by atoms with van der Waals surface area (Å²) in [5.74, 6) is 0.521. The fourth-order valence-corrected chi connectivity index (χ4v) is 1.18. The van der Waals surface area contributed by atoms with Crippen molar-refractivity contribution in [3.63, 3.8) is 0 Å². The molecule has 2 nitrogen and oxygen atoms in total. The standard InChI is InChI=1S/C10H11BrN2/c1-7(13-8(2)12)9-3-5-10(11)6-4-9/h3-6H,1H2,2H3,(H2,12,13). The van der Waals surface area contributed by atoms with Crippen LogP contribution >= 0.6 is 15.9 Å². The molecule has 0 saturated heterocycles. The summed E-state index contributed by atoms with van der Waals surface area (Å²) in [4.78, 5) is 4.06. The first-order valence-electron chi connectivity index (χ1n) is 3.85. The number of nitrogens with zero attached hydrogens (tertiary/aromatic N) is 1. The number of nitrogens with two attached hydrogens (primary N) is 1. The van der Waals surface area contributed by atoms with Gasteiger partial charge in [0.2, 0.25) is 0 Å². The number of halogens is 1. The normalized spacial score (nSPS) is 11.4. The van der Waals surface area contributed by atoms with E-state index in [4.69, 9.17) is 5.73 Å². The molecule has 3 heteroatoms. The van der Waals surface area contributed by atoms with Crippen LogP contribution in [0.25, 0.3) is 5.70 Å². The molecule has 0 bridgehead atoms. The summed E-state index contributed by atoms with van der Waals surface area (Å²) < 4.78 is 1.04. The first kappa shape index (κ1) is 9.99. The van der Waals surface area contributed by atoms with E-state index in [0.717, 1.165) is 10.0 Å². The van der Waals surface area contributed by atoms with Crippen LogP contribution in [0.2, 0.25) is 0 Å². The van der Waals surface area contributed by atoms with Gasteiger partial charge in [-0.05, 0) is 24.6 Å². The van der Waals surface area contributed by atoms with Crippen molar-refractivity contribution in [3.05, 3.63) is 40.9 Å². The minimum Gasteiger partial charge on any atom is -0.387 e. The van der Waals surface area contributed by atoms with Crippen molar-refractivity contribution >= 4 is 27.5 Å². The van der Waals surface area contributed by atoms with Crippen LogP contribution < -0.4 is 5.73 Å². The highest BCUT2D eigenvalue weighted by atomic mass is 79.9. The summed E-state index contributed by atoms with van der Waals surface area (Å²) in [6.07, 6.45) is 0.